The Morgan fingerprint density at radius 2 is 0.957 bits per heavy atom. The third-order valence-electron chi connectivity index (χ3n) is 10.0. The zero-order valence-electron chi connectivity index (χ0n) is 25.2. The summed E-state index contributed by atoms with van der Waals surface area (Å²) in [7, 11) is 1.50. The largest absolute Gasteiger partial charge is 0.495 e. The van der Waals surface area contributed by atoms with Gasteiger partial charge in [0.2, 0.25) is 11.8 Å². The van der Waals surface area contributed by atoms with Crippen LogP contribution >= 0.6 is 23.2 Å². The zero-order valence-corrected chi connectivity index (χ0v) is 26.7. The molecule has 230 valence electrons. The van der Waals surface area contributed by atoms with Crippen LogP contribution in [0.4, 0.5) is 5.69 Å². The number of para-hydroxylation sites is 2. The van der Waals surface area contributed by atoms with Crippen LogP contribution in [0.5, 0.6) is 5.75 Å². The lowest BCUT2D eigenvalue weighted by molar-refractivity contribution is -0.130. The number of fused-ring (bicyclic) bond motifs is 5. The highest BCUT2D eigenvalue weighted by atomic mass is 35.5. The number of halogens is 2. The lowest BCUT2D eigenvalue weighted by Crippen LogP contribution is -2.45. The third kappa shape index (κ3) is 3.81. The summed E-state index contributed by atoms with van der Waals surface area (Å²) in [5, 5.41) is 0.985. The predicted octanol–water partition coefficient (Wildman–Crippen LogP) is 8.19. The van der Waals surface area contributed by atoms with E-state index in [-0.39, 0.29) is 5.78 Å². The molecule has 1 saturated carbocycles. The van der Waals surface area contributed by atoms with E-state index in [9.17, 15) is 0 Å². The summed E-state index contributed by atoms with van der Waals surface area (Å²) in [6.07, 6.45) is 0. The fourth-order valence-electron chi connectivity index (χ4n) is 8.41. The highest BCUT2D eigenvalue weighted by Gasteiger charge is 2.82. The van der Waals surface area contributed by atoms with E-state index in [4.69, 9.17) is 27.9 Å². The smallest absolute Gasteiger partial charge is 0.239 e. The Labute approximate surface area is 282 Å². The van der Waals surface area contributed by atoms with Gasteiger partial charge in [-0.3, -0.25) is 14.4 Å². The number of ketones is 1. The number of carbonyl (C=O) groups excluding carboxylic acids is 3. The fourth-order valence-corrected chi connectivity index (χ4v) is 8.66. The molecule has 8 rings (SSSR count). The number of benzene rings is 5. The van der Waals surface area contributed by atoms with Gasteiger partial charge in [-0.05, 0) is 69.8 Å². The first kappa shape index (κ1) is 29.4. The molecule has 2 aliphatic carbocycles. The van der Waals surface area contributed by atoms with Crippen molar-refractivity contribution in [3.63, 3.8) is 0 Å². The molecule has 1 heterocycles. The number of Topliss-reactive ketones (excluding diaryl/α,β-unsaturated/α-hetero) is 1. The van der Waals surface area contributed by atoms with Crippen molar-refractivity contribution in [3.8, 4) is 5.75 Å². The molecule has 2 amide bonds. The minimum absolute atomic E-state index is 0.219. The van der Waals surface area contributed by atoms with Crippen LogP contribution in [0, 0.1) is 11.8 Å². The molecule has 0 radical (unpaired) electrons. The molecule has 5 nitrogen and oxygen atoms in total. The molecule has 4 atom stereocenters. The Balaban J connectivity index is 1.56. The van der Waals surface area contributed by atoms with E-state index in [2.05, 4.69) is 0 Å². The highest BCUT2D eigenvalue weighted by molar-refractivity contribution is 6.39. The molecule has 47 heavy (non-hydrogen) atoms. The lowest BCUT2D eigenvalue weighted by atomic mass is 9.59. The molecule has 5 aromatic rings. The van der Waals surface area contributed by atoms with Crippen LogP contribution < -0.4 is 9.64 Å². The van der Waals surface area contributed by atoms with E-state index in [0.717, 1.165) is 11.1 Å². The van der Waals surface area contributed by atoms with Gasteiger partial charge in [0.1, 0.15) is 5.75 Å². The second kappa shape index (κ2) is 10.8. The molecule has 2 fully saturated rings. The third-order valence-corrected chi connectivity index (χ3v) is 10.5. The van der Waals surface area contributed by atoms with Crippen molar-refractivity contribution in [1.29, 1.82) is 0 Å². The topological polar surface area (TPSA) is 63.7 Å². The molecule has 3 aliphatic rings. The Kier molecular flexibility index (Phi) is 6.76. The number of hydrogen-bond donors (Lipinski definition) is 0. The molecule has 0 N–H and O–H groups in total. The van der Waals surface area contributed by atoms with E-state index in [1.807, 2.05) is 84.9 Å². The number of anilines is 1. The van der Waals surface area contributed by atoms with Crippen LogP contribution in [0.2, 0.25) is 10.0 Å². The summed E-state index contributed by atoms with van der Waals surface area (Å²) in [6, 6.07) is 40.6. The number of methoxy groups -OCH3 is 1. The van der Waals surface area contributed by atoms with Crippen molar-refractivity contribution >= 4 is 57.6 Å². The molecular formula is C40H27Cl2NO4. The SMILES string of the molecule is COc1ccccc1N1C(=O)[C@H]2[C@H](C1=O)[C@@]1(c3ccc(Cl)cc3)C(=O)[C@@]2(c2ccc(Cl)cc2)C(c2ccccc2)=C1c1ccccc1. The summed E-state index contributed by atoms with van der Waals surface area (Å²) in [5.74, 6) is -2.87. The van der Waals surface area contributed by atoms with Crippen LogP contribution in [0.1, 0.15) is 22.3 Å². The first-order valence-corrected chi connectivity index (χ1v) is 16.1. The van der Waals surface area contributed by atoms with Gasteiger partial charge < -0.3 is 4.74 Å². The van der Waals surface area contributed by atoms with E-state index in [0.29, 0.717) is 43.8 Å². The number of carbonyl (C=O) groups is 3. The van der Waals surface area contributed by atoms with Crippen LogP contribution in [-0.2, 0) is 25.2 Å². The van der Waals surface area contributed by atoms with Gasteiger partial charge in [0.25, 0.3) is 0 Å². The molecule has 0 spiro atoms. The van der Waals surface area contributed by atoms with Gasteiger partial charge in [-0.1, -0.05) is 120 Å². The zero-order chi connectivity index (χ0) is 32.5. The molecule has 0 unspecified atom stereocenters. The van der Waals surface area contributed by atoms with Crippen molar-refractivity contribution in [1.82, 2.24) is 0 Å². The van der Waals surface area contributed by atoms with Crippen LogP contribution in [0.15, 0.2) is 133 Å². The van der Waals surface area contributed by atoms with Crippen LogP contribution in [0.25, 0.3) is 11.1 Å². The number of nitrogens with zero attached hydrogens (tertiary/aromatic N) is 1. The summed E-state index contributed by atoms with van der Waals surface area (Å²) in [4.78, 5) is 47.4. The molecule has 0 aromatic heterocycles. The number of amides is 2. The Hall–Kier alpha value is -4.97. The van der Waals surface area contributed by atoms with Crippen molar-refractivity contribution < 1.29 is 19.1 Å². The molecule has 1 aliphatic heterocycles. The molecule has 1 saturated heterocycles. The Bertz CT molecular complexity index is 1980. The van der Waals surface area contributed by atoms with Crippen molar-refractivity contribution in [2.75, 3.05) is 12.0 Å². The van der Waals surface area contributed by atoms with Crippen molar-refractivity contribution in [2.24, 2.45) is 11.8 Å². The number of ether oxygens (including phenoxy) is 1. The fraction of sp³-hybridized carbons (Fsp3) is 0.125. The number of allylic oxidation sites excluding steroid dienone is 2. The van der Waals surface area contributed by atoms with E-state index in [1.165, 1.54) is 12.0 Å². The summed E-state index contributed by atoms with van der Waals surface area (Å²) in [5.41, 5.74) is 1.46. The average molecular weight is 657 g/mol. The molecule has 7 heteroatoms. The number of imide groups is 1. The minimum atomic E-state index is -1.54. The van der Waals surface area contributed by atoms with Crippen LogP contribution in [0.3, 0.4) is 0 Å². The van der Waals surface area contributed by atoms with E-state index >= 15 is 14.4 Å². The molecular weight excluding hydrogens is 629 g/mol. The maximum absolute atomic E-state index is 16.0. The van der Waals surface area contributed by atoms with E-state index in [1.54, 1.807) is 48.5 Å². The maximum Gasteiger partial charge on any atom is 0.239 e. The van der Waals surface area contributed by atoms with Gasteiger partial charge in [0.15, 0.2) is 5.78 Å². The monoisotopic (exact) mass is 655 g/mol. The summed E-state index contributed by atoms with van der Waals surface area (Å²) >= 11 is 12.8. The van der Waals surface area contributed by atoms with E-state index < -0.39 is 34.5 Å². The summed E-state index contributed by atoms with van der Waals surface area (Å²) in [6.45, 7) is 0. The quantitative estimate of drug-likeness (QED) is 0.173. The molecule has 5 aromatic carbocycles. The Morgan fingerprint density at radius 3 is 1.38 bits per heavy atom. The highest BCUT2D eigenvalue weighted by Crippen LogP contribution is 2.74. The lowest BCUT2D eigenvalue weighted by Gasteiger charge is -2.39. The van der Waals surface area contributed by atoms with Crippen LogP contribution in [-0.4, -0.2) is 24.7 Å². The number of hydrogen-bond acceptors (Lipinski definition) is 4. The van der Waals surface area contributed by atoms with Crippen molar-refractivity contribution in [2.45, 2.75) is 10.8 Å². The van der Waals surface area contributed by atoms with Gasteiger partial charge in [0.05, 0.1) is 35.5 Å². The Morgan fingerprint density at radius 1 is 0.553 bits per heavy atom. The first-order chi connectivity index (χ1) is 22.9. The first-order valence-electron chi connectivity index (χ1n) is 15.3. The second-order valence-electron chi connectivity index (χ2n) is 12.1. The van der Waals surface area contributed by atoms with Gasteiger partial charge in [0, 0.05) is 10.0 Å². The molecule has 2 bridgehead atoms. The van der Waals surface area contributed by atoms with Gasteiger partial charge in [-0.15, -0.1) is 0 Å². The van der Waals surface area contributed by atoms with Gasteiger partial charge >= 0.3 is 0 Å². The van der Waals surface area contributed by atoms with Gasteiger partial charge in [-0.25, -0.2) is 4.90 Å². The minimum Gasteiger partial charge on any atom is -0.495 e. The normalized spacial score (nSPS) is 24.7. The maximum atomic E-state index is 16.0. The van der Waals surface area contributed by atoms with Gasteiger partial charge in [-0.2, -0.15) is 0 Å². The number of rotatable bonds is 6. The average Bonchev–Trinajstić information content (AvgIpc) is 3.61. The van der Waals surface area contributed by atoms with Crippen molar-refractivity contribution in [3.05, 3.63) is 166 Å². The summed E-state index contributed by atoms with van der Waals surface area (Å²) < 4.78 is 5.64. The standard InChI is InChI=1S/C40H27Cl2NO4/c1-47-31-15-9-8-14-30(31)43-36(44)34-35(37(43)45)40(27-18-22-29(42)23-19-27)33(25-12-6-3-7-13-25)32(24-10-4-2-5-11-24)39(34,38(40)46)26-16-20-28(41)21-17-26/h2-23,34-35H,1H3/t34-,35-,39+,40+/m1/s1. The predicted molar refractivity (Wildman–Crippen MR) is 183 cm³/mol. The second-order valence-corrected chi connectivity index (χ2v) is 13.0.